The third kappa shape index (κ3) is 5.27. The summed E-state index contributed by atoms with van der Waals surface area (Å²) in [4.78, 5) is 39.4. The lowest BCUT2D eigenvalue weighted by molar-refractivity contribution is -0.384. The molecule has 0 saturated heterocycles. The Morgan fingerprint density at radius 3 is 2.32 bits per heavy atom. The number of aromatic nitrogens is 2. The summed E-state index contributed by atoms with van der Waals surface area (Å²) in [6.07, 6.45) is 6.18. The van der Waals surface area contributed by atoms with E-state index < -0.39 is 10.9 Å². The number of non-ortho nitro benzene ring substituents is 1. The molecule has 2 N–H and O–H groups in total. The average Bonchev–Trinajstić information content (AvgIpc) is 3.32. The van der Waals surface area contributed by atoms with Crippen molar-refractivity contribution in [3.63, 3.8) is 0 Å². The molecule has 1 heterocycles. The quantitative estimate of drug-likeness (QED) is 0.227. The number of rotatable bonds is 8. The van der Waals surface area contributed by atoms with Crippen molar-refractivity contribution in [3.8, 4) is 11.4 Å². The fraction of sp³-hybridized carbons (Fsp3) is 0.276. The number of fused-ring (bicyclic) bond motifs is 1. The van der Waals surface area contributed by atoms with Gasteiger partial charge < -0.3 is 15.0 Å². The summed E-state index contributed by atoms with van der Waals surface area (Å²) in [5.74, 6) is -0.408. The highest BCUT2D eigenvalue weighted by Gasteiger charge is 2.23. The minimum absolute atomic E-state index is 0.0391. The number of nitrogens with zero attached hydrogens (tertiary/aromatic N) is 3. The second-order valence-electron chi connectivity index (χ2n) is 9.61. The van der Waals surface area contributed by atoms with E-state index in [2.05, 4.69) is 9.88 Å². The molecular weight excluding hydrogens is 484 g/mol. The van der Waals surface area contributed by atoms with Gasteiger partial charge in [-0.05, 0) is 55.2 Å². The number of nitro groups is 1. The zero-order chi connectivity index (χ0) is 26.6. The Kier molecular flexibility index (Phi) is 7.17. The van der Waals surface area contributed by atoms with Crippen LogP contribution < -0.4 is 5.32 Å². The second-order valence-corrected chi connectivity index (χ2v) is 9.61. The van der Waals surface area contributed by atoms with Crippen LogP contribution in [-0.2, 0) is 6.42 Å². The highest BCUT2D eigenvalue weighted by molar-refractivity contribution is 5.95. The Morgan fingerprint density at radius 1 is 0.974 bits per heavy atom. The van der Waals surface area contributed by atoms with E-state index in [4.69, 9.17) is 4.98 Å². The molecule has 9 heteroatoms. The van der Waals surface area contributed by atoms with E-state index >= 15 is 0 Å². The topological polar surface area (TPSA) is 127 Å². The Balaban J connectivity index is 1.33. The van der Waals surface area contributed by atoms with Gasteiger partial charge in [0.05, 0.1) is 21.5 Å². The Labute approximate surface area is 219 Å². The van der Waals surface area contributed by atoms with Crippen molar-refractivity contribution in [3.05, 3.63) is 93.5 Å². The first-order valence-electron chi connectivity index (χ1n) is 12.8. The molecule has 38 heavy (non-hydrogen) atoms. The summed E-state index contributed by atoms with van der Waals surface area (Å²) in [5.41, 5.74) is 4.11. The van der Waals surface area contributed by atoms with E-state index in [0.29, 0.717) is 30.1 Å². The largest absolute Gasteiger partial charge is 0.478 e. The minimum Gasteiger partial charge on any atom is -0.478 e. The minimum atomic E-state index is -0.982. The number of nitrogens with one attached hydrogen (secondary N) is 1. The van der Waals surface area contributed by atoms with Gasteiger partial charge in [-0.3, -0.25) is 14.9 Å². The molecule has 194 valence electrons. The number of carboxylic acid groups (broad SMARTS) is 1. The third-order valence-corrected chi connectivity index (χ3v) is 7.13. The molecule has 0 spiro atoms. The van der Waals surface area contributed by atoms with Crippen LogP contribution >= 0.6 is 0 Å². The lowest BCUT2D eigenvalue weighted by Crippen LogP contribution is -2.25. The summed E-state index contributed by atoms with van der Waals surface area (Å²) >= 11 is 0. The number of carbonyl (C=O) groups excluding carboxylic acids is 1. The summed E-state index contributed by atoms with van der Waals surface area (Å²) in [5, 5.41) is 23.1. The van der Waals surface area contributed by atoms with Gasteiger partial charge in [-0.2, -0.15) is 0 Å². The van der Waals surface area contributed by atoms with Crippen LogP contribution in [0.15, 0.2) is 66.7 Å². The van der Waals surface area contributed by atoms with Gasteiger partial charge in [0, 0.05) is 35.8 Å². The van der Waals surface area contributed by atoms with Crippen molar-refractivity contribution in [2.45, 2.75) is 44.6 Å². The number of imidazole rings is 1. The first-order chi connectivity index (χ1) is 18.4. The van der Waals surface area contributed by atoms with Gasteiger partial charge >= 0.3 is 5.97 Å². The molecule has 0 atom stereocenters. The number of benzene rings is 3. The Morgan fingerprint density at radius 2 is 1.66 bits per heavy atom. The highest BCUT2D eigenvalue weighted by Crippen LogP contribution is 2.36. The molecule has 1 amide bonds. The lowest BCUT2D eigenvalue weighted by Gasteiger charge is -2.25. The van der Waals surface area contributed by atoms with E-state index in [1.165, 1.54) is 18.6 Å². The van der Waals surface area contributed by atoms with Gasteiger partial charge in [0.25, 0.3) is 11.6 Å². The normalized spacial score (nSPS) is 13.9. The highest BCUT2D eigenvalue weighted by atomic mass is 16.6. The van der Waals surface area contributed by atoms with Crippen LogP contribution in [0.25, 0.3) is 22.4 Å². The Hall–Kier alpha value is -4.53. The maximum absolute atomic E-state index is 12.7. The standard InChI is InChI=1S/C29H28N4O5/c34-28(30-17-16-19-6-13-24(14-7-19)33(37)38)21-10-8-20(9-11-21)27-31-25-18-22(29(35)36)12-15-26(25)32(27)23-4-2-1-3-5-23/h6-15,18,23H,1-5,16-17H2,(H,30,34)(H,35,36). The molecular formula is C29H28N4O5. The van der Waals surface area contributed by atoms with Crippen molar-refractivity contribution >= 4 is 28.6 Å². The molecule has 5 rings (SSSR count). The molecule has 4 aromatic rings. The van der Waals surface area contributed by atoms with E-state index in [1.54, 1.807) is 36.4 Å². The van der Waals surface area contributed by atoms with Crippen LogP contribution in [0, 0.1) is 10.1 Å². The predicted octanol–water partition coefficient (Wildman–Crippen LogP) is 5.79. The van der Waals surface area contributed by atoms with E-state index in [-0.39, 0.29) is 17.2 Å². The number of hydrogen-bond donors (Lipinski definition) is 2. The van der Waals surface area contributed by atoms with Crippen LogP contribution in [-0.4, -0.2) is 38.0 Å². The molecule has 3 aromatic carbocycles. The van der Waals surface area contributed by atoms with Crippen molar-refractivity contribution in [2.75, 3.05) is 6.54 Å². The van der Waals surface area contributed by atoms with Gasteiger partial charge in [-0.15, -0.1) is 0 Å². The fourth-order valence-electron chi connectivity index (χ4n) is 5.12. The first kappa shape index (κ1) is 25.1. The van der Waals surface area contributed by atoms with Crippen molar-refractivity contribution in [2.24, 2.45) is 0 Å². The van der Waals surface area contributed by atoms with E-state index in [0.717, 1.165) is 48.2 Å². The number of nitro benzene ring substituents is 1. The molecule has 1 aliphatic carbocycles. The first-order valence-corrected chi connectivity index (χ1v) is 12.8. The molecule has 1 aromatic heterocycles. The SMILES string of the molecule is O=C(O)c1ccc2c(c1)nc(-c1ccc(C(=O)NCCc3ccc([N+](=O)[O-])cc3)cc1)n2C1CCCCC1. The molecule has 0 bridgehead atoms. The van der Waals surface area contributed by atoms with Crippen molar-refractivity contribution in [1.82, 2.24) is 14.9 Å². The smallest absolute Gasteiger partial charge is 0.335 e. The summed E-state index contributed by atoms with van der Waals surface area (Å²) in [6, 6.07) is 19.0. The van der Waals surface area contributed by atoms with Crippen LogP contribution in [0.1, 0.15) is 64.4 Å². The van der Waals surface area contributed by atoms with Crippen LogP contribution in [0.4, 0.5) is 5.69 Å². The molecule has 1 saturated carbocycles. The van der Waals surface area contributed by atoms with E-state index in [9.17, 15) is 24.8 Å². The monoisotopic (exact) mass is 512 g/mol. The lowest BCUT2D eigenvalue weighted by atomic mass is 9.94. The van der Waals surface area contributed by atoms with Gasteiger partial charge in [-0.25, -0.2) is 9.78 Å². The summed E-state index contributed by atoms with van der Waals surface area (Å²) in [6.45, 7) is 0.405. The molecule has 0 aliphatic heterocycles. The number of amides is 1. The van der Waals surface area contributed by atoms with Crippen LogP contribution in [0.3, 0.4) is 0 Å². The predicted molar refractivity (Wildman–Crippen MR) is 143 cm³/mol. The maximum atomic E-state index is 12.7. The molecule has 1 aliphatic rings. The second kappa shape index (κ2) is 10.8. The van der Waals surface area contributed by atoms with Gasteiger partial charge in [0.2, 0.25) is 0 Å². The van der Waals surface area contributed by atoms with Crippen molar-refractivity contribution < 1.29 is 19.6 Å². The van der Waals surface area contributed by atoms with Gasteiger partial charge in [0.15, 0.2) is 0 Å². The molecule has 0 radical (unpaired) electrons. The summed E-state index contributed by atoms with van der Waals surface area (Å²) < 4.78 is 2.24. The number of aromatic carboxylic acids is 1. The van der Waals surface area contributed by atoms with Crippen LogP contribution in [0.2, 0.25) is 0 Å². The average molecular weight is 513 g/mol. The van der Waals surface area contributed by atoms with E-state index in [1.807, 2.05) is 18.2 Å². The van der Waals surface area contributed by atoms with Gasteiger partial charge in [-0.1, -0.05) is 43.5 Å². The Bertz CT molecular complexity index is 1490. The van der Waals surface area contributed by atoms with Crippen molar-refractivity contribution in [1.29, 1.82) is 0 Å². The summed E-state index contributed by atoms with van der Waals surface area (Å²) in [7, 11) is 0. The number of hydrogen-bond acceptors (Lipinski definition) is 5. The third-order valence-electron chi connectivity index (χ3n) is 7.13. The van der Waals surface area contributed by atoms with Gasteiger partial charge in [0.1, 0.15) is 5.82 Å². The number of carboxylic acids is 1. The fourth-order valence-corrected chi connectivity index (χ4v) is 5.12. The van der Waals surface area contributed by atoms with Crippen LogP contribution in [0.5, 0.6) is 0 Å². The molecule has 9 nitrogen and oxygen atoms in total. The molecule has 0 unspecified atom stereocenters. The zero-order valence-corrected chi connectivity index (χ0v) is 20.8. The molecule has 1 fully saturated rings. The maximum Gasteiger partial charge on any atom is 0.335 e. The number of carbonyl (C=O) groups is 2. The zero-order valence-electron chi connectivity index (χ0n) is 20.8.